The van der Waals surface area contributed by atoms with Crippen molar-refractivity contribution in [2.45, 2.75) is 12.6 Å². The Bertz CT molecular complexity index is 894. The standard InChI is InChI=1S/C17H15F3N4O3/c18-10-1-2-13-9(3-10)6-24(17(27)23-13)7-15(26)22-14(8-25)16-12(20)4-11(19)5-21-16/h1-5,14,25H,6-8H2,(H,22,26)(H,23,27)/t14-/m1/s1. The van der Waals surface area contributed by atoms with Crippen molar-refractivity contribution in [1.29, 1.82) is 0 Å². The zero-order valence-electron chi connectivity index (χ0n) is 13.9. The number of amides is 3. The summed E-state index contributed by atoms with van der Waals surface area (Å²) in [5, 5.41) is 14.3. The fourth-order valence-electron chi connectivity index (χ4n) is 2.71. The van der Waals surface area contributed by atoms with Crippen molar-refractivity contribution in [3.63, 3.8) is 0 Å². The molecule has 2 aromatic rings. The number of fused-ring (bicyclic) bond motifs is 1. The van der Waals surface area contributed by atoms with Gasteiger partial charge in [0.1, 0.15) is 29.7 Å². The first-order chi connectivity index (χ1) is 12.9. The van der Waals surface area contributed by atoms with Crippen LogP contribution in [0.25, 0.3) is 0 Å². The van der Waals surface area contributed by atoms with Crippen molar-refractivity contribution in [3.8, 4) is 0 Å². The molecule has 1 aliphatic rings. The lowest BCUT2D eigenvalue weighted by atomic mass is 10.1. The number of carbonyl (C=O) groups is 2. The zero-order chi connectivity index (χ0) is 19.6. The summed E-state index contributed by atoms with van der Waals surface area (Å²) in [6, 6.07) is 2.68. The van der Waals surface area contributed by atoms with Crippen LogP contribution in [0.15, 0.2) is 30.5 Å². The molecule has 1 aromatic heterocycles. The van der Waals surface area contributed by atoms with Crippen molar-refractivity contribution in [1.82, 2.24) is 15.2 Å². The molecule has 10 heteroatoms. The summed E-state index contributed by atoms with van der Waals surface area (Å²) in [7, 11) is 0. The first-order valence-electron chi connectivity index (χ1n) is 7.93. The fourth-order valence-corrected chi connectivity index (χ4v) is 2.71. The third-order valence-corrected chi connectivity index (χ3v) is 3.98. The van der Waals surface area contributed by atoms with Crippen molar-refractivity contribution in [3.05, 3.63) is 59.2 Å². The van der Waals surface area contributed by atoms with E-state index in [1.54, 1.807) is 0 Å². The Balaban J connectivity index is 1.68. The smallest absolute Gasteiger partial charge is 0.322 e. The largest absolute Gasteiger partial charge is 0.394 e. The van der Waals surface area contributed by atoms with E-state index in [9.17, 15) is 27.9 Å². The fraction of sp³-hybridized carbons (Fsp3) is 0.235. The van der Waals surface area contributed by atoms with Gasteiger partial charge in [0.05, 0.1) is 25.4 Å². The molecule has 0 radical (unpaired) electrons. The highest BCUT2D eigenvalue weighted by molar-refractivity contribution is 5.94. The van der Waals surface area contributed by atoms with Crippen LogP contribution in [0.4, 0.5) is 23.7 Å². The van der Waals surface area contributed by atoms with Gasteiger partial charge in [-0.25, -0.2) is 18.0 Å². The molecular weight excluding hydrogens is 365 g/mol. The SMILES string of the molecule is O=C(CN1Cc2cc(F)ccc2NC1=O)N[C@H](CO)c1ncc(F)cc1F. The van der Waals surface area contributed by atoms with Gasteiger partial charge < -0.3 is 20.6 Å². The number of aliphatic hydroxyl groups excluding tert-OH is 1. The maximum absolute atomic E-state index is 13.8. The van der Waals surface area contributed by atoms with Gasteiger partial charge in [0.15, 0.2) is 0 Å². The molecule has 0 unspecified atom stereocenters. The molecule has 1 aromatic carbocycles. The number of hydrogen-bond donors (Lipinski definition) is 3. The van der Waals surface area contributed by atoms with Gasteiger partial charge in [-0.2, -0.15) is 0 Å². The maximum atomic E-state index is 13.8. The number of pyridine rings is 1. The molecule has 0 saturated heterocycles. The summed E-state index contributed by atoms with van der Waals surface area (Å²) in [6.07, 6.45) is 0.761. The Labute approximate surface area is 151 Å². The zero-order valence-corrected chi connectivity index (χ0v) is 13.9. The molecule has 7 nitrogen and oxygen atoms in total. The lowest BCUT2D eigenvalue weighted by Crippen LogP contribution is -2.46. The van der Waals surface area contributed by atoms with Crippen LogP contribution in [0, 0.1) is 17.5 Å². The van der Waals surface area contributed by atoms with Gasteiger partial charge in [0, 0.05) is 11.8 Å². The second kappa shape index (κ2) is 7.62. The topological polar surface area (TPSA) is 94.6 Å². The van der Waals surface area contributed by atoms with E-state index < -0.39 is 48.6 Å². The quantitative estimate of drug-likeness (QED) is 0.736. The molecule has 3 N–H and O–H groups in total. The highest BCUT2D eigenvalue weighted by atomic mass is 19.1. The van der Waals surface area contributed by atoms with Crippen LogP contribution in [0.1, 0.15) is 17.3 Å². The molecule has 0 spiro atoms. The number of urea groups is 1. The molecule has 3 rings (SSSR count). The van der Waals surface area contributed by atoms with Gasteiger partial charge in [0.25, 0.3) is 0 Å². The van der Waals surface area contributed by atoms with E-state index in [2.05, 4.69) is 15.6 Å². The molecule has 1 aliphatic heterocycles. The minimum Gasteiger partial charge on any atom is -0.394 e. The van der Waals surface area contributed by atoms with E-state index in [0.29, 0.717) is 17.3 Å². The number of halogens is 3. The van der Waals surface area contributed by atoms with Crippen molar-refractivity contribution in [2.24, 2.45) is 0 Å². The number of nitrogens with one attached hydrogen (secondary N) is 2. The van der Waals surface area contributed by atoms with Crippen LogP contribution >= 0.6 is 0 Å². The third kappa shape index (κ3) is 4.17. The Hall–Kier alpha value is -3.14. The molecule has 0 bridgehead atoms. The van der Waals surface area contributed by atoms with Crippen molar-refractivity contribution in [2.75, 3.05) is 18.5 Å². The predicted molar refractivity (Wildman–Crippen MR) is 88.0 cm³/mol. The summed E-state index contributed by atoms with van der Waals surface area (Å²) in [5.41, 5.74) is 0.610. The lowest BCUT2D eigenvalue weighted by Gasteiger charge is -2.29. The molecule has 142 valence electrons. The third-order valence-electron chi connectivity index (χ3n) is 3.98. The first-order valence-corrected chi connectivity index (χ1v) is 7.93. The van der Waals surface area contributed by atoms with Crippen LogP contribution < -0.4 is 10.6 Å². The number of hydrogen-bond acceptors (Lipinski definition) is 4. The van der Waals surface area contributed by atoms with Gasteiger partial charge in [-0.1, -0.05) is 0 Å². The Morgan fingerprint density at radius 2 is 2.07 bits per heavy atom. The number of rotatable bonds is 5. The van der Waals surface area contributed by atoms with Gasteiger partial charge in [0.2, 0.25) is 5.91 Å². The molecule has 27 heavy (non-hydrogen) atoms. The van der Waals surface area contributed by atoms with Crippen LogP contribution in [0.2, 0.25) is 0 Å². The average molecular weight is 380 g/mol. The van der Waals surface area contributed by atoms with Gasteiger partial charge >= 0.3 is 6.03 Å². The summed E-state index contributed by atoms with van der Waals surface area (Å²) < 4.78 is 40.1. The van der Waals surface area contributed by atoms with Crippen LogP contribution in [0.5, 0.6) is 0 Å². The highest BCUT2D eigenvalue weighted by Gasteiger charge is 2.26. The van der Waals surface area contributed by atoms with E-state index in [1.807, 2.05) is 0 Å². The van der Waals surface area contributed by atoms with Crippen LogP contribution in [0.3, 0.4) is 0 Å². The Kier molecular flexibility index (Phi) is 5.26. The molecule has 2 heterocycles. The summed E-state index contributed by atoms with van der Waals surface area (Å²) in [5.74, 6) is -3.09. The number of aliphatic hydroxyl groups is 1. The van der Waals surface area contributed by atoms with E-state index in [4.69, 9.17) is 0 Å². The molecule has 0 fully saturated rings. The summed E-state index contributed by atoms with van der Waals surface area (Å²) in [6.45, 7) is -1.10. The number of anilines is 1. The summed E-state index contributed by atoms with van der Waals surface area (Å²) >= 11 is 0. The molecular formula is C17H15F3N4O3. The lowest BCUT2D eigenvalue weighted by molar-refractivity contribution is -0.122. The highest BCUT2D eigenvalue weighted by Crippen LogP contribution is 2.24. The van der Waals surface area contributed by atoms with Gasteiger partial charge in [-0.3, -0.25) is 9.78 Å². The van der Waals surface area contributed by atoms with Crippen molar-refractivity contribution >= 4 is 17.6 Å². The Morgan fingerprint density at radius 3 is 2.78 bits per heavy atom. The number of benzene rings is 1. The molecule has 0 saturated carbocycles. The number of nitrogens with zero attached hydrogens (tertiary/aromatic N) is 2. The van der Waals surface area contributed by atoms with E-state index in [-0.39, 0.29) is 12.2 Å². The monoisotopic (exact) mass is 380 g/mol. The van der Waals surface area contributed by atoms with Crippen LogP contribution in [-0.2, 0) is 11.3 Å². The van der Waals surface area contributed by atoms with Crippen LogP contribution in [-0.4, -0.2) is 40.1 Å². The van der Waals surface area contributed by atoms with E-state index in [0.717, 1.165) is 11.1 Å². The average Bonchev–Trinajstić information content (AvgIpc) is 2.61. The van der Waals surface area contributed by atoms with Crippen molar-refractivity contribution < 1.29 is 27.9 Å². The second-order valence-electron chi connectivity index (χ2n) is 5.91. The van der Waals surface area contributed by atoms with Gasteiger partial charge in [-0.15, -0.1) is 0 Å². The second-order valence-corrected chi connectivity index (χ2v) is 5.91. The number of aromatic nitrogens is 1. The Morgan fingerprint density at radius 1 is 1.30 bits per heavy atom. The predicted octanol–water partition coefficient (Wildman–Crippen LogP) is 1.70. The maximum Gasteiger partial charge on any atom is 0.322 e. The minimum atomic E-state index is -1.21. The molecule has 1 atom stereocenters. The normalized spacial score (nSPS) is 14.4. The van der Waals surface area contributed by atoms with Gasteiger partial charge in [-0.05, 0) is 23.8 Å². The van der Waals surface area contributed by atoms with E-state index in [1.165, 1.54) is 18.2 Å². The van der Waals surface area contributed by atoms with E-state index >= 15 is 0 Å². The molecule has 0 aliphatic carbocycles. The first kappa shape index (κ1) is 18.6. The molecule has 3 amide bonds. The minimum absolute atomic E-state index is 0.000697. The number of carbonyl (C=O) groups excluding carboxylic acids is 2. The summed E-state index contributed by atoms with van der Waals surface area (Å²) in [4.78, 5) is 29.0.